The van der Waals surface area contributed by atoms with Gasteiger partial charge < -0.3 is 14.8 Å². The molecule has 0 bridgehead atoms. The monoisotopic (exact) mass is 403 g/mol. The van der Waals surface area contributed by atoms with Gasteiger partial charge in [-0.2, -0.15) is 0 Å². The van der Waals surface area contributed by atoms with Crippen molar-refractivity contribution in [3.8, 4) is 11.4 Å². The molecule has 1 N–H and O–H groups in total. The minimum atomic E-state index is -0.290. The molecule has 1 aromatic heterocycles. The molecule has 0 saturated carbocycles. The SMILES string of the molecule is Cc1ccc(-c2nnc(CCC(=O)N3CCN(c4ccccc4)CC3)c(=O)[nH]2)cc1. The number of H-pyrrole nitrogens is 1. The molecule has 1 aliphatic heterocycles. The summed E-state index contributed by atoms with van der Waals surface area (Å²) in [7, 11) is 0. The minimum Gasteiger partial charge on any atom is -0.368 e. The summed E-state index contributed by atoms with van der Waals surface area (Å²) < 4.78 is 0. The molecule has 30 heavy (non-hydrogen) atoms. The van der Waals surface area contributed by atoms with E-state index in [4.69, 9.17) is 0 Å². The molecule has 154 valence electrons. The van der Waals surface area contributed by atoms with Crippen LogP contribution in [0.3, 0.4) is 0 Å². The maximum Gasteiger partial charge on any atom is 0.273 e. The van der Waals surface area contributed by atoms with Crippen molar-refractivity contribution in [3.63, 3.8) is 0 Å². The quantitative estimate of drug-likeness (QED) is 0.708. The summed E-state index contributed by atoms with van der Waals surface area (Å²) >= 11 is 0. The highest BCUT2D eigenvalue weighted by Gasteiger charge is 2.21. The topological polar surface area (TPSA) is 82.2 Å². The van der Waals surface area contributed by atoms with Gasteiger partial charge in [-0.25, -0.2) is 0 Å². The van der Waals surface area contributed by atoms with Crippen molar-refractivity contribution in [1.82, 2.24) is 20.1 Å². The van der Waals surface area contributed by atoms with E-state index in [2.05, 4.69) is 32.2 Å². The lowest BCUT2D eigenvalue weighted by atomic mass is 10.1. The predicted molar refractivity (Wildman–Crippen MR) is 116 cm³/mol. The second-order valence-corrected chi connectivity index (χ2v) is 7.52. The summed E-state index contributed by atoms with van der Waals surface area (Å²) in [5.41, 5.74) is 3.13. The number of benzene rings is 2. The van der Waals surface area contributed by atoms with Crippen LogP contribution in [-0.4, -0.2) is 52.2 Å². The number of nitrogens with one attached hydrogen (secondary N) is 1. The number of carbonyl (C=O) groups excluding carboxylic acids is 1. The minimum absolute atomic E-state index is 0.0477. The van der Waals surface area contributed by atoms with Crippen LogP contribution in [0.2, 0.25) is 0 Å². The Balaban J connectivity index is 1.32. The number of piperazine rings is 1. The van der Waals surface area contributed by atoms with Crippen LogP contribution in [0, 0.1) is 6.92 Å². The van der Waals surface area contributed by atoms with E-state index in [1.807, 2.05) is 54.3 Å². The lowest BCUT2D eigenvalue weighted by Gasteiger charge is -2.36. The largest absolute Gasteiger partial charge is 0.368 e. The fourth-order valence-electron chi connectivity index (χ4n) is 3.60. The number of anilines is 1. The maximum absolute atomic E-state index is 12.6. The first kappa shape index (κ1) is 19.8. The second-order valence-electron chi connectivity index (χ2n) is 7.52. The average Bonchev–Trinajstić information content (AvgIpc) is 2.79. The van der Waals surface area contributed by atoms with Crippen molar-refractivity contribution in [1.29, 1.82) is 0 Å². The van der Waals surface area contributed by atoms with Gasteiger partial charge in [0.15, 0.2) is 5.82 Å². The number of aromatic nitrogens is 3. The number of hydrogen-bond donors (Lipinski definition) is 1. The van der Waals surface area contributed by atoms with E-state index < -0.39 is 0 Å². The molecule has 0 atom stereocenters. The molecule has 1 fully saturated rings. The number of para-hydroxylation sites is 1. The Kier molecular flexibility index (Phi) is 5.88. The van der Waals surface area contributed by atoms with E-state index in [0.717, 1.165) is 24.2 Å². The summed E-state index contributed by atoms with van der Waals surface area (Å²) in [6.07, 6.45) is 0.543. The zero-order valence-corrected chi connectivity index (χ0v) is 17.0. The van der Waals surface area contributed by atoms with E-state index in [1.165, 1.54) is 5.69 Å². The highest BCUT2D eigenvalue weighted by Crippen LogP contribution is 2.16. The lowest BCUT2D eigenvalue weighted by molar-refractivity contribution is -0.131. The van der Waals surface area contributed by atoms with Crippen LogP contribution < -0.4 is 10.5 Å². The number of carbonyl (C=O) groups is 1. The molecule has 7 heteroatoms. The molecule has 0 unspecified atom stereocenters. The molecule has 2 heterocycles. The van der Waals surface area contributed by atoms with Crippen molar-refractivity contribution < 1.29 is 4.79 Å². The van der Waals surface area contributed by atoms with Gasteiger partial charge in [-0.05, 0) is 19.1 Å². The highest BCUT2D eigenvalue weighted by molar-refractivity contribution is 5.76. The van der Waals surface area contributed by atoms with Crippen LogP contribution >= 0.6 is 0 Å². The van der Waals surface area contributed by atoms with Crippen LogP contribution in [0.1, 0.15) is 17.7 Å². The van der Waals surface area contributed by atoms with Gasteiger partial charge in [0.1, 0.15) is 5.69 Å². The van der Waals surface area contributed by atoms with Crippen molar-refractivity contribution in [2.24, 2.45) is 0 Å². The Morgan fingerprint density at radius 2 is 1.67 bits per heavy atom. The molecular formula is C23H25N5O2. The smallest absolute Gasteiger partial charge is 0.273 e. The zero-order chi connectivity index (χ0) is 20.9. The van der Waals surface area contributed by atoms with Crippen LogP contribution in [0.4, 0.5) is 5.69 Å². The van der Waals surface area contributed by atoms with Crippen LogP contribution in [0.25, 0.3) is 11.4 Å². The number of nitrogens with zero attached hydrogens (tertiary/aromatic N) is 4. The third-order valence-electron chi connectivity index (χ3n) is 5.42. The molecule has 2 aromatic carbocycles. The van der Waals surface area contributed by atoms with E-state index in [-0.39, 0.29) is 24.3 Å². The Morgan fingerprint density at radius 3 is 2.33 bits per heavy atom. The first-order chi connectivity index (χ1) is 14.6. The Labute approximate surface area is 175 Å². The first-order valence-corrected chi connectivity index (χ1v) is 10.2. The van der Waals surface area contributed by atoms with Gasteiger partial charge in [-0.1, -0.05) is 48.0 Å². The summed E-state index contributed by atoms with van der Waals surface area (Å²) in [6, 6.07) is 17.9. The first-order valence-electron chi connectivity index (χ1n) is 10.2. The number of amides is 1. The normalized spacial score (nSPS) is 14.0. The molecular weight excluding hydrogens is 378 g/mol. The zero-order valence-electron chi connectivity index (χ0n) is 17.0. The van der Waals surface area contributed by atoms with Gasteiger partial charge in [-0.3, -0.25) is 9.59 Å². The van der Waals surface area contributed by atoms with Crippen LogP contribution in [0.5, 0.6) is 0 Å². The summed E-state index contributed by atoms with van der Waals surface area (Å²) in [5.74, 6) is 0.485. The van der Waals surface area contributed by atoms with Crippen molar-refractivity contribution in [2.75, 3.05) is 31.1 Å². The molecule has 1 saturated heterocycles. The highest BCUT2D eigenvalue weighted by atomic mass is 16.2. The standard InChI is InChI=1S/C23H25N5O2/c1-17-7-9-18(10-8-17)22-24-23(30)20(25-26-22)11-12-21(29)28-15-13-27(14-16-28)19-5-3-2-4-6-19/h2-10H,11-16H2,1H3,(H,24,26,30). The van der Waals surface area contributed by atoms with Crippen molar-refractivity contribution in [3.05, 3.63) is 76.2 Å². The number of hydrogen-bond acceptors (Lipinski definition) is 5. The molecule has 7 nitrogen and oxygen atoms in total. The molecule has 3 aromatic rings. The van der Waals surface area contributed by atoms with E-state index in [1.54, 1.807) is 0 Å². The lowest BCUT2D eigenvalue weighted by Crippen LogP contribution is -2.48. The van der Waals surface area contributed by atoms with Gasteiger partial charge >= 0.3 is 0 Å². The predicted octanol–water partition coefficient (Wildman–Crippen LogP) is 2.42. The summed E-state index contributed by atoms with van der Waals surface area (Å²) in [5, 5.41) is 8.21. The summed E-state index contributed by atoms with van der Waals surface area (Å²) in [6.45, 7) is 4.98. The van der Waals surface area contributed by atoms with Gasteiger partial charge in [-0.15, -0.1) is 10.2 Å². The number of rotatable bonds is 5. The number of aromatic amines is 1. The van der Waals surface area contributed by atoms with Gasteiger partial charge in [0, 0.05) is 50.3 Å². The fraction of sp³-hybridized carbons (Fsp3) is 0.304. The Bertz CT molecular complexity index is 1050. The molecule has 4 rings (SSSR count). The van der Waals surface area contributed by atoms with Gasteiger partial charge in [0.2, 0.25) is 5.91 Å². The second kappa shape index (κ2) is 8.90. The van der Waals surface area contributed by atoms with E-state index >= 15 is 0 Å². The number of aryl methyl sites for hydroxylation is 2. The maximum atomic E-state index is 12.6. The Hall–Kier alpha value is -3.48. The Morgan fingerprint density at radius 1 is 0.967 bits per heavy atom. The van der Waals surface area contributed by atoms with Gasteiger partial charge in [0.25, 0.3) is 5.56 Å². The third-order valence-corrected chi connectivity index (χ3v) is 5.42. The molecule has 0 spiro atoms. The molecule has 1 aliphatic rings. The fourth-order valence-corrected chi connectivity index (χ4v) is 3.60. The summed E-state index contributed by atoms with van der Waals surface area (Å²) in [4.78, 5) is 31.9. The average molecular weight is 403 g/mol. The molecule has 0 radical (unpaired) electrons. The van der Waals surface area contributed by atoms with Crippen molar-refractivity contribution in [2.45, 2.75) is 19.8 Å². The molecule has 1 amide bonds. The van der Waals surface area contributed by atoms with Crippen LogP contribution in [-0.2, 0) is 11.2 Å². The van der Waals surface area contributed by atoms with Gasteiger partial charge in [0.05, 0.1) is 0 Å². The van der Waals surface area contributed by atoms with E-state index in [0.29, 0.717) is 24.6 Å². The van der Waals surface area contributed by atoms with Crippen molar-refractivity contribution >= 4 is 11.6 Å². The van der Waals surface area contributed by atoms with E-state index in [9.17, 15) is 9.59 Å². The molecule has 0 aliphatic carbocycles. The third kappa shape index (κ3) is 4.56. The van der Waals surface area contributed by atoms with Crippen LogP contribution in [0.15, 0.2) is 59.4 Å².